The normalized spacial score (nSPS) is 10.0. The molecule has 0 spiro atoms. The Kier molecular flexibility index (Phi) is 9.46. The number of carbonyl (C=O) groups excluding carboxylic acids is 3. The fraction of sp³-hybridized carbons (Fsp3) is 0.333. The van der Waals surface area contributed by atoms with E-state index in [1.54, 1.807) is 0 Å². The Hall–Kier alpha value is -3.96. The van der Waals surface area contributed by atoms with E-state index in [-0.39, 0.29) is 55.6 Å². The van der Waals surface area contributed by atoms with E-state index in [1.807, 2.05) is 0 Å². The summed E-state index contributed by atoms with van der Waals surface area (Å²) in [7, 11) is 0. The van der Waals surface area contributed by atoms with Crippen LogP contribution in [-0.4, -0.2) is 70.6 Å². The summed E-state index contributed by atoms with van der Waals surface area (Å²) < 4.78 is 0. The van der Waals surface area contributed by atoms with E-state index >= 15 is 0 Å². The fourth-order valence-corrected chi connectivity index (χ4v) is 2.18. The second-order valence-corrected chi connectivity index (χ2v) is 6.00. The van der Waals surface area contributed by atoms with Crippen LogP contribution in [0.15, 0.2) is 18.2 Å². The molecule has 0 fully saturated rings. The predicted molar refractivity (Wildman–Crippen MR) is 100 cm³/mol. The van der Waals surface area contributed by atoms with Crippen molar-refractivity contribution >= 4 is 35.6 Å². The van der Waals surface area contributed by atoms with Crippen molar-refractivity contribution in [2.24, 2.45) is 0 Å². The summed E-state index contributed by atoms with van der Waals surface area (Å²) >= 11 is 0. The summed E-state index contributed by atoms with van der Waals surface area (Å²) in [4.78, 5) is 68.5. The van der Waals surface area contributed by atoms with Gasteiger partial charge >= 0.3 is 17.9 Å². The van der Waals surface area contributed by atoms with Crippen LogP contribution in [0.5, 0.6) is 0 Å². The number of carbonyl (C=O) groups is 6. The van der Waals surface area contributed by atoms with E-state index in [1.165, 1.54) is 18.2 Å². The highest BCUT2D eigenvalue weighted by Gasteiger charge is 2.17. The molecule has 1 aromatic rings. The molecular weight excluding hydrogens is 402 g/mol. The van der Waals surface area contributed by atoms with Crippen LogP contribution in [0.2, 0.25) is 0 Å². The molecule has 0 radical (unpaired) electrons. The van der Waals surface area contributed by atoms with Crippen molar-refractivity contribution < 1.29 is 44.1 Å². The van der Waals surface area contributed by atoms with Gasteiger partial charge in [-0.2, -0.15) is 0 Å². The molecule has 0 bridgehead atoms. The lowest BCUT2D eigenvalue weighted by atomic mass is 10.0. The lowest BCUT2D eigenvalue weighted by Gasteiger charge is -2.11. The number of carboxylic acid groups (broad SMARTS) is 3. The second kappa shape index (κ2) is 11.8. The number of benzene rings is 1. The minimum atomic E-state index is -1.12. The Bertz CT molecular complexity index is 730. The van der Waals surface area contributed by atoms with Crippen molar-refractivity contribution in [2.45, 2.75) is 19.3 Å². The van der Waals surface area contributed by atoms with Gasteiger partial charge in [-0.15, -0.1) is 0 Å². The first-order valence-corrected chi connectivity index (χ1v) is 8.75. The molecule has 12 nitrogen and oxygen atoms in total. The van der Waals surface area contributed by atoms with Crippen molar-refractivity contribution in [2.75, 3.05) is 19.6 Å². The van der Waals surface area contributed by atoms with E-state index in [2.05, 4.69) is 16.0 Å². The Morgan fingerprint density at radius 2 is 0.767 bits per heavy atom. The average molecular weight is 423 g/mol. The van der Waals surface area contributed by atoms with E-state index in [0.717, 1.165) is 0 Å². The number of hydrogen-bond acceptors (Lipinski definition) is 6. The molecule has 0 aliphatic heterocycles. The zero-order valence-electron chi connectivity index (χ0n) is 15.8. The molecule has 0 atom stereocenters. The number of rotatable bonds is 12. The number of nitrogens with one attached hydrogen (secondary N) is 3. The van der Waals surface area contributed by atoms with Crippen LogP contribution in [-0.2, 0) is 14.4 Å². The maximum Gasteiger partial charge on any atom is 0.305 e. The highest BCUT2D eigenvalue weighted by atomic mass is 16.4. The summed E-state index contributed by atoms with van der Waals surface area (Å²) in [5, 5.41) is 32.9. The molecule has 3 amide bonds. The maximum atomic E-state index is 12.3. The highest BCUT2D eigenvalue weighted by molar-refractivity contribution is 6.04. The van der Waals surface area contributed by atoms with Gasteiger partial charge < -0.3 is 31.3 Å². The zero-order chi connectivity index (χ0) is 22.7. The largest absolute Gasteiger partial charge is 0.481 e. The van der Waals surface area contributed by atoms with E-state index in [4.69, 9.17) is 15.3 Å². The highest BCUT2D eigenvalue weighted by Crippen LogP contribution is 2.12. The summed E-state index contributed by atoms with van der Waals surface area (Å²) in [5.41, 5.74) is -0.307. The smallest absolute Gasteiger partial charge is 0.305 e. The first kappa shape index (κ1) is 24.1. The monoisotopic (exact) mass is 423 g/mol. The Labute approximate surface area is 170 Å². The minimum absolute atomic E-state index is 0.102. The Morgan fingerprint density at radius 1 is 0.533 bits per heavy atom. The van der Waals surface area contributed by atoms with Gasteiger partial charge in [-0.1, -0.05) is 0 Å². The molecule has 162 valence electrons. The fourth-order valence-electron chi connectivity index (χ4n) is 2.18. The Balaban J connectivity index is 3.04. The van der Waals surface area contributed by atoms with E-state index in [0.29, 0.717) is 0 Å². The molecule has 0 unspecified atom stereocenters. The standard InChI is InChI=1S/C18H21N3O9/c22-13(23)1-4-19-16(28)10-7-11(17(29)20-5-2-14(24)25)9-12(8-10)18(30)21-6-3-15(26)27/h7-9H,1-6H2,(H,19,28)(H,20,29)(H,21,30)(H,22,23)(H,24,25)(H,26,27). The lowest BCUT2D eigenvalue weighted by Crippen LogP contribution is -2.30. The molecule has 0 saturated carbocycles. The van der Waals surface area contributed by atoms with Crippen LogP contribution in [0.3, 0.4) is 0 Å². The van der Waals surface area contributed by atoms with Gasteiger partial charge in [-0.25, -0.2) is 0 Å². The molecule has 1 rings (SSSR count). The molecule has 0 aliphatic carbocycles. The molecular formula is C18H21N3O9. The van der Waals surface area contributed by atoms with Gasteiger partial charge in [0.05, 0.1) is 19.3 Å². The van der Waals surface area contributed by atoms with Gasteiger partial charge in [0.2, 0.25) is 0 Å². The van der Waals surface area contributed by atoms with Gasteiger partial charge in [0, 0.05) is 36.3 Å². The minimum Gasteiger partial charge on any atom is -0.481 e. The lowest BCUT2D eigenvalue weighted by molar-refractivity contribution is -0.137. The van der Waals surface area contributed by atoms with Crippen LogP contribution < -0.4 is 16.0 Å². The molecule has 0 aliphatic rings. The van der Waals surface area contributed by atoms with Crippen LogP contribution in [0.1, 0.15) is 50.3 Å². The van der Waals surface area contributed by atoms with Gasteiger partial charge in [0.25, 0.3) is 17.7 Å². The summed E-state index contributed by atoms with van der Waals surface area (Å²) in [6, 6.07) is 3.50. The van der Waals surface area contributed by atoms with Crippen LogP contribution >= 0.6 is 0 Å². The first-order valence-electron chi connectivity index (χ1n) is 8.75. The molecule has 0 aromatic heterocycles. The molecule has 1 aromatic carbocycles. The number of carboxylic acids is 3. The maximum absolute atomic E-state index is 12.3. The Morgan fingerprint density at radius 3 is 0.967 bits per heavy atom. The van der Waals surface area contributed by atoms with Gasteiger partial charge in [0.1, 0.15) is 0 Å². The predicted octanol–water partition coefficient (Wildman–Crippen LogP) is -0.700. The molecule has 6 N–H and O–H groups in total. The summed E-state index contributed by atoms with van der Waals surface area (Å²) in [6.07, 6.45) is -0.989. The third-order valence-electron chi connectivity index (χ3n) is 3.59. The first-order chi connectivity index (χ1) is 14.1. The van der Waals surface area contributed by atoms with Crippen molar-refractivity contribution in [3.05, 3.63) is 34.9 Å². The van der Waals surface area contributed by atoms with Crippen LogP contribution in [0, 0.1) is 0 Å². The second-order valence-electron chi connectivity index (χ2n) is 6.00. The summed E-state index contributed by atoms with van der Waals surface area (Å²) in [5.74, 6) is -5.55. The average Bonchev–Trinajstić information content (AvgIpc) is 2.66. The van der Waals surface area contributed by atoms with Crippen molar-refractivity contribution in [1.82, 2.24) is 16.0 Å². The quantitative estimate of drug-likeness (QED) is 0.251. The van der Waals surface area contributed by atoms with Crippen molar-refractivity contribution in [3.63, 3.8) is 0 Å². The topological polar surface area (TPSA) is 199 Å². The molecule has 0 heterocycles. The molecule has 0 saturated heterocycles. The van der Waals surface area contributed by atoms with E-state index in [9.17, 15) is 28.8 Å². The zero-order valence-corrected chi connectivity index (χ0v) is 15.8. The van der Waals surface area contributed by atoms with Crippen molar-refractivity contribution in [3.8, 4) is 0 Å². The van der Waals surface area contributed by atoms with Gasteiger partial charge in [0.15, 0.2) is 0 Å². The SMILES string of the molecule is O=C(O)CCNC(=O)c1cc(C(=O)NCCC(=O)O)cc(C(=O)NCCC(=O)O)c1. The van der Waals surface area contributed by atoms with Crippen LogP contribution in [0.25, 0.3) is 0 Å². The van der Waals surface area contributed by atoms with Gasteiger partial charge in [-0.05, 0) is 18.2 Å². The summed E-state index contributed by atoms with van der Waals surface area (Å²) in [6.45, 7) is -0.532. The third kappa shape index (κ3) is 8.82. The van der Waals surface area contributed by atoms with E-state index < -0.39 is 35.6 Å². The number of amides is 3. The molecule has 12 heteroatoms. The van der Waals surface area contributed by atoms with Crippen molar-refractivity contribution in [1.29, 1.82) is 0 Å². The number of hydrogen-bond donors (Lipinski definition) is 6. The van der Waals surface area contributed by atoms with Gasteiger partial charge in [-0.3, -0.25) is 28.8 Å². The molecule has 30 heavy (non-hydrogen) atoms. The van der Waals surface area contributed by atoms with Crippen LogP contribution in [0.4, 0.5) is 0 Å². The number of aliphatic carboxylic acids is 3. The third-order valence-corrected chi connectivity index (χ3v) is 3.59.